The Bertz CT molecular complexity index is 560. The number of benzene rings is 1. The lowest BCUT2D eigenvalue weighted by atomic mass is 10.1. The Morgan fingerprint density at radius 2 is 2.00 bits per heavy atom. The summed E-state index contributed by atoms with van der Waals surface area (Å²) in [6, 6.07) is 6.41. The molecule has 1 aliphatic heterocycles. The van der Waals surface area contributed by atoms with Crippen LogP contribution in [0.1, 0.15) is 12.0 Å². The molecule has 21 heavy (non-hydrogen) atoms. The summed E-state index contributed by atoms with van der Waals surface area (Å²) in [6.45, 7) is 2.65. The average Bonchev–Trinajstić information content (AvgIpc) is 2.84. The van der Waals surface area contributed by atoms with Crippen LogP contribution in [-0.4, -0.2) is 46.0 Å². The Balaban J connectivity index is 1.87. The zero-order chi connectivity index (χ0) is 15.5. The molecular formula is C14H19F2NO3S. The molecule has 1 aromatic rings. The van der Waals surface area contributed by atoms with Gasteiger partial charge < -0.3 is 0 Å². The molecule has 0 saturated carbocycles. The first-order valence-electron chi connectivity index (χ1n) is 6.83. The Morgan fingerprint density at radius 1 is 1.33 bits per heavy atom. The van der Waals surface area contributed by atoms with Crippen molar-refractivity contribution < 1.29 is 21.4 Å². The van der Waals surface area contributed by atoms with Crippen LogP contribution >= 0.6 is 0 Å². The highest BCUT2D eigenvalue weighted by Crippen LogP contribution is 2.20. The largest absolute Gasteiger partial charge is 0.297 e. The first kappa shape index (κ1) is 16.3. The fourth-order valence-corrected chi connectivity index (χ4v) is 3.35. The van der Waals surface area contributed by atoms with Crippen LogP contribution in [0.2, 0.25) is 0 Å². The third kappa shape index (κ3) is 4.72. The number of alkyl halides is 2. The Labute approximate surface area is 123 Å². The van der Waals surface area contributed by atoms with Gasteiger partial charge in [0.15, 0.2) is 0 Å². The maximum atomic E-state index is 12.3. The minimum atomic E-state index is -3.77. The third-order valence-electron chi connectivity index (χ3n) is 3.53. The van der Waals surface area contributed by atoms with Gasteiger partial charge in [-0.25, -0.2) is 8.78 Å². The van der Waals surface area contributed by atoms with Crippen LogP contribution in [0.15, 0.2) is 29.2 Å². The van der Waals surface area contributed by atoms with Gasteiger partial charge in [0.25, 0.3) is 16.5 Å². The summed E-state index contributed by atoms with van der Waals surface area (Å²) in [5.74, 6) is -0.0241. The maximum absolute atomic E-state index is 12.3. The second-order valence-corrected chi connectivity index (χ2v) is 6.97. The molecular weight excluding hydrogens is 300 g/mol. The second-order valence-electron chi connectivity index (χ2n) is 5.36. The van der Waals surface area contributed by atoms with Crippen LogP contribution in [0.3, 0.4) is 0 Å². The molecule has 1 atom stereocenters. The van der Waals surface area contributed by atoms with Gasteiger partial charge in [-0.2, -0.15) is 8.42 Å². The summed E-state index contributed by atoms with van der Waals surface area (Å²) in [7, 11) is -3.77. The van der Waals surface area contributed by atoms with Gasteiger partial charge in [0.2, 0.25) is 0 Å². The fraction of sp³-hybridized carbons (Fsp3) is 0.571. The van der Waals surface area contributed by atoms with E-state index in [0.717, 1.165) is 5.56 Å². The molecule has 0 unspecified atom stereocenters. The molecule has 0 spiro atoms. The van der Waals surface area contributed by atoms with E-state index in [0.29, 0.717) is 19.5 Å². The van der Waals surface area contributed by atoms with E-state index in [1.165, 1.54) is 12.1 Å². The normalized spacial score (nSPS) is 20.3. The number of rotatable bonds is 6. The lowest BCUT2D eigenvalue weighted by Gasteiger charge is -2.15. The van der Waals surface area contributed by atoms with E-state index in [-0.39, 0.29) is 24.0 Å². The predicted octanol–water partition coefficient (Wildman–Crippen LogP) is 2.29. The summed E-state index contributed by atoms with van der Waals surface area (Å²) in [4.78, 5) is 1.76. The van der Waals surface area contributed by atoms with Gasteiger partial charge in [0.1, 0.15) is 0 Å². The number of likely N-dealkylation sites (tertiary alicyclic amines) is 1. The van der Waals surface area contributed by atoms with E-state index in [9.17, 15) is 17.2 Å². The highest BCUT2D eigenvalue weighted by atomic mass is 32.2. The lowest BCUT2D eigenvalue weighted by molar-refractivity contribution is 0.0964. The molecule has 7 heteroatoms. The topological polar surface area (TPSA) is 46.6 Å². The summed E-state index contributed by atoms with van der Waals surface area (Å²) in [5.41, 5.74) is 0.965. The summed E-state index contributed by atoms with van der Waals surface area (Å²) in [5, 5.41) is 0. The molecule has 0 bridgehead atoms. The molecule has 1 aromatic carbocycles. The molecule has 0 N–H and O–H groups in total. The van der Waals surface area contributed by atoms with Gasteiger partial charge in [0, 0.05) is 6.54 Å². The molecule has 118 valence electrons. The van der Waals surface area contributed by atoms with Crippen LogP contribution in [0.4, 0.5) is 8.78 Å². The van der Waals surface area contributed by atoms with Crippen LogP contribution < -0.4 is 0 Å². The molecule has 1 fully saturated rings. The number of nitrogens with zero attached hydrogens (tertiary/aromatic N) is 1. The molecule has 1 saturated heterocycles. The molecule has 1 heterocycles. The average molecular weight is 319 g/mol. The van der Waals surface area contributed by atoms with E-state index < -0.39 is 16.5 Å². The van der Waals surface area contributed by atoms with Gasteiger partial charge in [0.05, 0.1) is 18.0 Å². The van der Waals surface area contributed by atoms with Crippen LogP contribution in [-0.2, 0) is 14.3 Å². The minimum absolute atomic E-state index is 0.0241. The van der Waals surface area contributed by atoms with Crippen molar-refractivity contribution in [2.75, 3.05) is 26.2 Å². The zero-order valence-corrected chi connectivity index (χ0v) is 12.7. The maximum Gasteiger partial charge on any atom is 0.296 e. The summed E-state index contributed by atoms with van der Waals surface area (Å²) >= 11 is 0. The predicted molar refractivity (Wildman–Crippen MR) is 74.9 cm³/mol. The molecule has 0 aliphatic carbocycles. The van der Waals surface area contributed by atoms with Crippen LogP contribution in [0, 0.1) is 12.8 Å². The standard InChI is InChI=1S/C14H19F2NO3S/c1-11-2-4-13(5-3-11)21(18,19)20-10-12-6-7-17(8-12)9-14(15)16/h2-5,12,14H,6-10H2,1H3/t12-/m0/s1. The van der Waals surface area contributed by atoms with Gasteiger partial charge in [-0.3, -0.25) is 9.08 Å². The third-order valence-corrected chi connectivity index (χ3v) is 4.83. The van der Waals surface area contributed by atoms with Crippen molar-refractivity contribution in [1.29, 1.82) is 0 Å². The fourth-order valence-electron chi connectivity index (χ4n) is 2.37. The highest BCUT2D eigenvalue weighted by Gasteiger charge is 2.26. The molecule has 1 aliphatic rings. The second kappa shape index (κ2) is 6.81. The number of halogens is 2. The van der Waals surface area contributed by atoms with E-state index in [2.05, 4.69) is 0 Å². The van der Waals surface area contributed by atoms with E-state index in [1.807, 2.05) is 6.92 Å². The highest BCUT2D eigenvalue weighted by molar-refractivity contribution is 7.86. The molecule has 4 nitrogen and oxygen atoms in total. The van der Waals surface area contributed by atoms with E-state index in [4.69, 9.17) is 4.18 Å². The van der Waals surface area contributed by atoms with Crippen molar-refractivity contribution in [3.8, 4) is 0 Å². The molecule has 0 radical (unpaired) electrons. The van der Waals surface area contributed by atoms with Gasteiger partial charge in [-0.1, -0.05) is 17.7 Å². The lowest BCUT2D eigenvalue weighted by Crippen LogP contribution is -2.27. The van der Waals surface area contributed by atoms with Crippen LogP contribution in [0.5, 0.6) is 0 Å². The SMILES string of the molecule is Cc1ccc(S(=O)(=O)OC[C@H]2CCN(CC(F)F)C2)cc1. The Morgan fingerprint density at radius 3 is 2.62 bits per heavy atom. The molecule has 0 aromatic heterocycles. The minimum Gasteiger partial charge on any atom is -0.297 e. The van der Waals surface area contributed by atoms with Crippen molar-refractivity contribution in [2.45, 2.75) is 24.7 Å². The first-order valence-corrected chi connectivity index (χ1v) is 8.24. The molecule has 2 rings (SSSR count). The van der Waals surface area contributed by atoms with Gasteiger partial charge >= 0.3 is 0 Å². The monoisotopic (exact) mass is 319 g/mol. The molecule has 0 amide bonds. The Hall–Kier alpha value is -1.05. The zero-order valence-electron chi connectivity index (χ0n) is 11.8. The van der Waals surface area contributed by atoms with Crippen molar-refractivity contribution in [1.82, 2.24) is 4.90 Å². The van der Waals surface area contributed by atoms with Crippen LogP contribution in [0.25, 0.3) is 0 Å². The summed E-state index contributed by atoms with van der Waals surface area (Å²) in [6.07, 6.45) is -1.68. The van der Waals surface area contributed by atoms with Crippen molar-refractivity contribution in [3.63, 3.8) is 0 Å². The smallest absolute Gasteiger partial charge is 0.296 e. The van der Waals surface area contributed by atoms with Gasteiger partial charge in [-0.15, -0.1) is 0 Å². The van der Waals surface area contributed by atoms with Crippen molar-refractivity contribution in [3.05, 3.63) is 29.8 Å². The van der Waals surface area contributed by atoms with Gasteiger partial charge in [-0.05, 0) is 37.9 Å². The van der Waals surface area contributed by atoms with Crippen molar-refractivity contribution >= 4 is 10.1 Å². The van der Waals surface area contributed by atoms with Crippen molar-refractivity contribution in [2.24, 2.45) is 5.92 Å². The van der Waals surface area contributed by atoms with E-state index in [1.54, 1.807) is 17.0 Å². The van der Waals surface area contributed by atoms with E-state index >= 15 is 0 Å². The number of aryl methyl sites for hydroxylation is 1. The summed E-state index contributed by atoms with van der Waals surface area (Å²) < 4.78 is 53.6. The number of hydrogen-bond donors (Lipinski definition) is 0. The first-order chi connectivity index (χ1) is 9.87. The quantitative estimate of drug-likeness (QED) is 0.755. The Kier molecular flexibility index (Phi) is 5.29. The number of hydrogen-bond acceptors (Lipinski definition) is 4.